The molecular weight excluding hydrogens is 294 g/mol. The molecule has 1 aromatic rings. The molecule has 1 atom stereocenters. The molecule has 0 radical (unpaired) electrons. The van der Waals surface area contributed by atoms with Crippen molar-refractivity contribution in [2.45, 2.75) is 24.8 Å². The summed E-state index contributed by atoms with van der Waals surface area (Å²) in [5.41, 5.74) is 5.67. The van der Waals surface area contributed by atoms with Gasteiger partial charge in [-0.1, -0.05) is 19.1 Å². The highest BCUT2D eigenvalue weighted by Gasteiger charge is 2.15. The Morgan fingerprint density at radius 3 is 2.76 bits per heavy atom. The second kappa shape index (κ2) is 7.96. The number of nitrogens with one attached hydrogen (secondary N) is 2. The number of hydrogen-bond acceptors (Lipinski definition) is 5. The van der Waals surface area contributed by atoms with Crippen molar-refractivity contribution in [3.8, 4) is 0 Å². The van der Waals surface area contributed by atoms with E-state index in [9.17, 15) is 13.2 Å². The van der Waals surface area contributed by atoms with Crippen LogP contribution < -0.4 is 15.8 Å². The van der Waals surface area contributed by atoms with Crippen LogP contribution in [0.3, 0.4) is 0 Å². The number of rotatable bonds is 8. The summed E-state index contributed by atoms with van der Waals surface area (Å²) < 4.78 is 31.0. The van der Waals surface area contributed by atoms with Crippen LogP contribution in [0.2, 0.25) is 0 Å². The van der Waals surface area contributed by atoms with Gasteiger partial charge in [0.1, 0.15) is 6.61 Å². The molecule has 0 aromatic heterocycles. The van der Waals surface area contributed by atoms with E-state index in [2.05, 4.69) is 14.8 Å². The van der Waals surface area contributed by atoms with E-state index >= 15 is 0 Å². The molecule has 118 valence electrons. The van der Waals surface area contributed by atoms with Crippen LogP contribution in [-0.4, -0.2) is 34.2 Å². The summed E-state index contributed by atoms with van der Waals surface area (Å²) in [5.74, 6) is 0. The first-order valence-corrected chi connectivity index (χ1v) is 8.10. The molecule has 0 aliphatic rings. The largest absolute Gasteiger partial charge is 0.448 e. The van der Waals surface area contributed by atoms with Crippen molar-refractivity contribution in [1.82, 2.24) is 10.0 Å². The highest BCUT2D eigenvalue weighted by Crippen LogP contribution is 2.17. The lowest BCUT2D eigenvalue weighted by Crippen LogP contribution is -2.29. The van der Waals surface area contributed by atoms with Crippen LogP contribution in [0.1, 0.15) is 25.5 Å². The van der Waals surface area contributed by atoms with Crippen molar-refractivity contribution in [2.24, 2.45) is 5.73 Å². The third kappa shape index (κ3) is 5.70. The number of sulfonamides is 1. The van der Waals surface area contributed by atoms with Crippen LogP contribution in [0.5, 0.6) is 0 Å². The summed E-state index contributed by atoms with van der Waals surface area (Å²) in [5, 5.41) is 3.22. The predicted octanol–water partition coefficient (Wildman–Crippen LogP) is 0.731. The molecule has 0 bridgehead atoms. The number of primary amides is 1. The number of carbonyl (C=O) groups is 1. The van der Waals surface area contributed by atoms with Gasteiger partial charge in [-0.25, -0.2) is 17.9 Å². The zero-order valence-electron chi connectivity index (χ0n) is 12.1. The minimum absolute atomic E-state index is 0.0295. The highest BCUT2D eigenvalue weighted by atomic mass is 32.2. The van der Waals surface area contributed by atoms with Gasteiger partial charge in [0.05, 0.1) is 4.90 Å². The second-order valence-corrected chi connectivity index (χ2v) is 6.18. The Morgan fingerprint density at radius 1 is 1.43 bits per heavy atom. The normalized spacial score (nSPS) is 12.9. The number of amides is 1. The number of nitrogens with two attached hydrogens (primary N) is 1. The Kier molecular flexibility index (Phi) is 6.60. The average molecular weight is 315 g/mol. The van der Waals surface area contributed by atoms with Crippen LogP contribution in [-0.2, 0) is 14.8 Å². The maximum absolute atomic E-state index is 12.1. The quantitative estimate of drug-likeness (QED) is 0.613. The van der Waals surface area contributed by atoms with Gasteiger partial charge in [0.2, 0.25) is 10.0 Å². The van der Waals surface area contributed by atoms with E-state index < -0.39 is 16.1 Å². The third-order valence-electron chi connectivity index (χ3n) is 2.82. The molecule has 1 amide bonds. The van der Waals surface area contributed by atoms with Crippen molar-refractivity contribution in [1.29, 1.82) is 0 Å². The Balaban J connectivity index is 2.74. The van der Waals surface area contributed by atoms with Crippen molar-refractivity contribution < 1.29 is 17.9 Å². The monoisotopic (exact) mass is 315 g/mol. The van der Waals surface area contributed by atoms with Crippen LogP contribution >= 0.6 is 0 Å². The molecule has 4 N–H and O–H groups in total. The molecular formula is C13H21N3O4S. The molecule has 21 heavy (non-hydrogen) atoms. The average Bonchev–Trinajstić information content (AvgIpc) is 2.44. The lowest BCUT2D eigenvalue weighted by Gasteiger charge is -2.14. The summed E-state index contributed by atoms with van der Waals surface area (Å²) in [7, 11) is -3.64. The minimum Gasteiger partial charge on any atom is -0.448 e. The molecule has 0 spiro atoms. The van der Waals surface area contributed by atoms with E-state index in [0.29, 0.717) is 0 Å². The van der Waals surface area contributed by atoms with Gasteiger partial charge in [-0.3, -0.25) is 0 Å². The first-order chi connectivity index (χ1) is 9.86. The second-order valence-electron chi connectivity index (χ2n) is 4.42. The third-order valence-corrected chi connectivity index (χ3v) is 4.28. The lowest BCUT2D eigenvalue weighted by molar-refractivity contribution is 0.159. The number of ether oxygens (including phenoxy) is 1. The Bertz CT molecular complexity index is 575. The first-order valence-electron chi connectivity index (χ1n) is 6.62. The zero-order valence-corrected chi connectivity index (χ0v) is 12.9. The standard InChI is InChI=1S/C13H21N3O4S/c1-3-15-10(2)11-5-4-6-12(9-11)21(18,19)16-7-8-20-13(14)17/h4-6,9-10,15-16H,3,7-8H2,1-2H3,(H2,14,17). The van der Waals surface area contributed by atoms with Gasteiger partial charge in [-0.2, -0.15) is 0 Å². The maximum Gasteiger partial charge on any atom is 0.404 e. The fraction of sp³-hybridized carbons (Fsp3) is 0.462. The zero-order chi connectivity index (χ0) is 15.9. The van der Waals surface area contributed by atoms with E-state index in [1.807, 2.05) is 19.9 Å². The molecule has 0 aliphatic carbocycles. The fourth-order valence-electron chi connectivity index (χ4n) is 1.79. The molecule has 7 nitrogen and oxygen atoms in total. The Morgan fingerprint density at radius 2 is 2.14 bits per heavy atom. The van der Waals surface area contributed by atoms with Crippen molar-refractivity contribution in [3.05, 3.63) is 29.8 Å². The number of hydrogen-bond donors (Lipinski definition) is 3. The molecule has 0 saturated heterocycles. The first kappa shape index (κ1) is 17.4. The van der Waals surface area contributed by atoms with E-state index in [0.717, 1.165) is 12.1 Å². The lowest BCUT2D eigenvalue weighted by atomic mass is 10.1. The van der Waals surface area contributed by atoms with Gasteiger partial charge in [0.25, 0.3) is 0 Å². The van der Waals surface area contributed by atoms with Crippen molar-refractivity contribution >= 4 is 16.1 Å². The molecule has 0 saturated carbocycles. The molecule has 8 heteroatoms. The van der Waals surface area contributed by atoms with Crippen LogP contribution in [0.25, 0.3) is 0 Å². The van der Waals surface area contributed by atoms with Crippen LogP contribution in [0.15, 0.2) is 29.2 Å². The summed E-state index contributed by atoms with van der Waals surface area (Å²) >= 11 is 0. The molecule has 1 unspecified atom stereocenters. The van der Waals surface area contributed by atoms with Crippen molar-refractivity contribution in [2.75, 3.05) is 19.7 Å². The van der Waals surface area contributed by atoms with E-state index in [1.165, 1.54) is 6.07 Å². The van der Waals surface area contributed by atoms with Crippen LogP contribution in [0.4, 0.5) is 4.79 Å². The number of carbonyl (C=O) groups excluding carboxylic acids is 1. The van der Waals surface area contributed by atoms with Crippen LogP contribution in [0, 0.1) is 0 Å². The smallest absolute Gasteiger partial charge is 0.404 e. The van der Waals surface area contributed by atoms with Gasteiger partial charge in [-0.05, 0) is 31.2 Å². The van der Waals surface area contributed by atoms with Gasteiger partial charge in [-0.15, -0.1) is 0 Å². The summed E-state index contributed by atoms with van der Waals surface area (Å²) in [6, 6.07) is 6.74. The molecule has 1 aromatic carbocycles. The van der Waals surface area contributed by atoms with E-state index in [-0.39, 0.29) is 24.1 Å². The van der Waals surface area contributed by atoms with Gasteiger partial charge in [0, 0.05) is 12.6 Å². The maximum atomic E-state index is 12.1. The summed E-state index contributed by atoms with van der Waals surface area (Å²) in [6.45, 7) is 4.60. The Hall–Kier alpha value is -1.64. The van der Waals surface area contributed by atoms with Gasteiger partial charge >= 0.3 is 6.09 Å². The Labute approximate surface area is 124 Å². The van der Waals surface area contributed by atoms with Crippen molar-refractivity contribution in [3.63, 3.8) is 0 Å². The van der Waals surface area contributed by atoms with Gasteiger partial charge in [0.15, 0.2) is 0 Å². The van der Waals surface area contributed by atoms with E-state index in [4.69, 9.17) is 5.73 Å². The fourth-order valence-corrected chi connectivity index (χ4v) is 2.85. The minimum atomic E-state index is -3.64. The summed E-state index contributed by atoms with van der Waals surface area (Å²) in [6.07, 6.45) is -0.935. The molecule has 0 fully saturated rings. The van der Waals surface area contributed by atoms with Gasteiger partial charge < -0.3 is 15.8 Å². The molecule has 0 aliphatic heterocycles. The predicted molar refractivity (Wildman–Crippen MR) is 79.3 cm³/mol. The molecule has 1 rings (SSSR count). The topological polar surface area (TPSA) is 111 Å². The molecule has 0 heterocycles. The highest BCUT2D eigenvalue weighted by molar-refractivity contribution is 7.89. The SMILES string of the molecule is CCNC(C)c1cccc(S(=O)(=O)NCCOC(N)=O)c1. The van der Waals surface area contributed by atoms with E-state index in [1.54, 1.807) is 12.1 Å². The number of benzene rings is 1. The summed E-state index contributed by atoms with van der Waals surface area (Å²) in [4.78, 5) is 10.6.